The Bertz CT molecular complexity index is 788. The molecule has 0 atom stereocenters. The van der Waals surface area contributed by atoms with Crippen LogP contribution in [0.4, 0.5) is 0 Å². The van der Waals surface area contributed by atoms with E-state index in [-0.39, 0.29) is 0 Å². The molecule has 0 radical (unpaired) electrons. The third-order valence-corrected chi connectivity index (χ3v) is 3.31. The molecule has 2 aromatic carbocycles. The number of oxazole rings is 1. The highest BCUT2D eigenvalue weighted by Gasteiger charge is 2.03. The number of aromatic nitrogens is 1. The molecule has 0 fully saturated rings. The van der Waals surface area contributed by atoms with Gasteiger partial charge in [0.2, 0.25) is 5.89 Å². The van der Waals surface area contributed by atoms with Crippen LogP contribution in [-0.4, -0.2) is 11.6 Å². The first-order valence-electron chi connectivity index (χ1n) is 7.29. The van der Waals surface area contributed by atoms with Gasteiger partial charge in [0.05, 0.1) is 6.61 Å². The van der Waals surface area contributed by atoms with Crippen molar-refractivity contribution in [2.45, 2.75) is 13.5 Å². The lowest BCUT2D eigenvalue weighted by Gasteiger charge is -2.01. The lowest BCUT2D eigenvalue weighted by atomic mass is 10.2. The van der Waals surface area contributed by atoms with Crippen LogP contribution in [-0.2, 0) is 6.54 Å². The van der Waals surface area contributed by atoms with Gasteiger partial charge in [0.1, 0.15) is 11.3 Å². The summed E-state index contributed by atoms with van der Waals surface area (Å²) in [6, 6.07) is 13.7. The molecular formula is C18H18N2O2. The van der Waals surface area contributed by atoms with Gasteiger partial charge in [-0.15, -0.1) is 0 Å². The van der Waals surface area contributed by atoms with Gasteiger partial charge in [-0.2, -0.15) is 0 Å². The molecule has 0 saturated carbocycles. The lowest BCUT2D eigenvalue weighted by Crippen LogP contribution is -1.94. The minimum absolute atomic E-state index is 0.500. The Morgan fingerprint density at radius 1 is 1.14 bits per heavy atom. The van der Waals surface area contributed by atoms with Crippen molar-refractivity contribution < 1.29 is 9.15 Å². The summed E-state index contributed by atoms with van der Waals surface area (Å²) in [4.78, 5) is 4.45. The quantitative estimate of drug-likeness (QED) is 0.776. The number of benzene rings is 2. The lowest BCUT2D eigenvalue weighted by molar-refractivity contribution is 0.340. The van der Waals surface area contributed by atoms with E-state index in [1.807, 2.05) is 61.5 Å². The van der Waals surface area contributed by atoms with E-state index in [1.165, 1.54) is 0 Å². The number of nitrogens with zero attached hydrogens (tertiary/aromatic N) is 1. The van der Waals surface area contributed by atoms with Crippen LogP contribution in [0.25, 0.3) is 23.3 Å². The average molecular weight is 294 g/mol. The molecule has 22 heavy (non-hydrogen) atoms. The maximum Gasteiger partial charge on any atom is 0.220 e. The second-order valence-electron chi connectivity index (χ2n) is 4.89. The standard InChI is InChI=1S/C18H18N2O2/c1-2-21-15-7-3-13(4-8-15)6-10-18-20-16-11-14(12-19)5-9-17(16)22-18/h3-11H,2,12,19H2,1H3/b10-6-. The molecule has 0 spiro atoms. The van der Waals surface area contributed by atoms with E-state index in [9.17, 15) is 0 Å². The van der Waals surface area contributed by atoms with Crippen molar-refractivity contribution in [1.29, 1.82) is 0 Å². The summed E-state index contributed by atoms with van der Waals surface area (Å²) in [6.07, 6.45) is 3.82. The number of rotatable bonds is 5. The van der Waals surface area contributed by atoms with E-state index >= 15 is 0 Å². The number of hydrogen-bond acceptors (Lipinski definition) is 4. The third kappa shape index (κ3) is 3.18. The van der Waals surface area contributed by atoms with Gasteiger partial charge < -0.3 is 14.9 Å². The summed E-state index contributed by atoms with van der Waals surface area (Å²) in [5.41, 5.74) is 9.34. The number of fused-ring (bicyclic) bond motifs is 1. The van der Waals surface area contributed by atoms with Crippen molar-refractivity contribution in [3.8, 4) is 5.75 Å². The highest BCUT2D eigenvalue weighted by atomic mass is 16.5. The molecule has 0 aliphatic rings. The largest absolute Gasteiger partial charge is 0.494 e. The SMILES string of the molecule is CCOc1ccc(/C=C\c2nc3cc(CN)ccc3o2)cc1. The molecule has 3 rings (SSSR count). The van der Waals surface area contributed by atoms with Crippen LogP contribution in [0.3, 0.4) is 0 Å². The van der Waals surface area contributed by atoms with Crippen molar-refractivity contribution >= 4 is 23.3 Å². The van der Waals surface area contributed by atoms with Crippen LogP contribution in [0, 0.1) is 0 Å². The predicted molar refractivity (Wildman–Crippen MR) is 88.4 cm³/mol. The van der Waals surface area contributed by atoms with E-state index in [2.05, 4.69) is 4.98 Å². The second kappa shape index (κ2) is 6.45. The third-order valence-electron chi connectivity index (χ3n) is 3.31. The Hall–Kier alpha value is -2.59. The fourth-order valence-corrected chi connectivity index (χ4v) is 2.20. The van der Waals surface area contributed by atoms with E-state index < -0.39 is 0 Å². The van der Waals surface area contributed by atoms with E-state index in [1.54, 1.807) is 0 Å². The normalized spacial score (nSPS) is 11.4. The zero-order valence-electron chi connectivity index (χ0n) is 12.5. The topological polar surface area (TPSA) is 61.3 Å². The first kappa shape index (κ1) is 14.4. The summed E-state index contributed by atoms with van der Waals surface area (Å²) < 4.78 is 11.1. The molecule has 0 saturated heterocycles. The van der Waals surface area contributed by atoms with Crippen molar-refractivity contribution in [3.05, 3.63) is 59.5 Å². The predicted octanol–water partition coefficient (Wildman–Crippen LogP) is 3.86. The molecule has 112 valence electrons. The summed E-state index contributed by atoms with van der Waals surface area (Å²) in [5.74, 6) is 1.45. The van der Waals surface area contributed by atoms with Gasteiger partial charge >= 0.3 is 0 Å². The molecule has 2 N–H and O–H groups in total. The van der Waals surface area contributed by atoms with Crippen LogP contribution in [0.1, 0.15) is 23.9 Å². The number of hydrogen-bond donors (Lipinski definition) is 1. The van der Waals surface area contributed by atoms with Crippen molar-refractivity contribution in [3.63, 3.8) is 0 Å². The molecule has 0 aliphatic heterocycles. The molecule has 0 aliphatic carbocycles. The molecule has 0 unspecified atom stereocenters. The summed E-state index contributed by atoms with van der Waals surface area (Å²) in [6.45, 7) is 3.14. The summed E-state index contributed by atoms with van der Waals surface area (Å²) in [7, 11) is 0. The summed E-state index contributed by atoms with van der Waals surface area (Å²) in [5, 5.41) is 0. The van der Waals surface area contributed by atoms with Gasteiger partial charge in [0.15, 0.2) is 5.58 Å². The van der Waals surface area contributed by atoms with Crippen LogP contribution < -0.4 is 10.5 Å². The minimum atomic E-state index is 0.500. The van der Waals surface area contributed by atoms with Crippen molar-refractivity contribution in [2.75, 3.05) is 6.61 Å². The van der Waals surface area contributed by atoms with Gasteiger partial charge in [0.25, 0.3) is 0 Å². The Labute approximate surface area is 129 Å². The maximum absolute atomic E-state index is 5.69. The molecular weight excluding hydrogens is 276 g/mol. The molecule has 0 amide bonds. The Morgan fingerprint density at radius 3 is 2.68 bits per heavy atom. The maximum atomic E-state index is 5.69. The van der Waals surface area contributed by atoms with E-state index in [0.29, 0.717) is 19.0 Å². The Kier molecular flexibility index (Phi) is 4.21. The van der Waals surface area contributed by atoms with Gasteiger partial charge in [-0.1, -0.05) is 18.2 Å². The fourth-order valence-electron chi connectivity index (χ4n) is 2.20. The number of ether oxygens (including phenoxy) is 1. The van der Waals surface area contributed by atoms with Gasteiger partial charge in [-0.05, 0) is 48.4 Å². The monoisotopic (exact) mass is 294 g/mol. The molecule has 4 heteroatoms. The van der Waals surface area contributed by atoms with Crippen LogP contribution >= 0.6 is 0 Å². The minimum Gasteiger partial charge on any atom is -0.494 e. The second-order valence-corrected chi connectivity index (χ2v) is 4.89. The first-order valence-corrected chi connectivity index (χ1v) is 7.29. The highest BCUT2D eigenvalue weighted by Crippen LogP contribution is 2.19. The Balaban J connectivity index is 1.79. The number of nitrogens with two attached hydrogens (primary N) is 1. The first-order chi connectivity index (χ1) is 10.8. The molecule has 1 heterocycles. The smallest absolute Gasteiger partial charge is 0.220 e. The molecule has 3 aromatic rings. The van der Waals surface area contributed by atoms with Gasteiger partial charge in [-0.3, -0.25) is 0 Å². The van der Waals surface area contributed by atoms with Crippen LogP contribution in [0.15, 0.2) is 46.9 Å². The van der Waals surface area contributed by atoms with E-state index in [4.69, 9.17) is 14.9 Å². The zero-order valence-corrected chi connectivity index (χ0v) is 12.5. The Morgan fingerprint density at radius 2 is 1.95 bits per heavy atom. The van der Waals surface area contributed by atoms with Crippen LogP contribution in [0.2, 0.25) is 0 Å². The molecule has 4 nitrogen and oxygen atoms in total. The van der Waals surface area contributed by atoms with Crippen molar-refractivity contribution in [2.24, 2.45) is 5.73 Å². The van der Waals surface area contributed by atoms with Gasteiger partial charge in [-0.25, -0.2) is 4.98 Å². The fraction of sp³-hybridized carbons (Fsp3) is 0.167. The van der Waals surface area contributed by atoms with E-state index in [0.717, 1.165) is 28.0 Å². The average Bonchev–Trinajstić information content (AvgIpc) is 2.96. The summed E-state index contributed by atoms with van der Waals surface area (Å²) >= 11 is 0. The van der Waals surface area contributed by atoms with Crippen LogP contribution in [0.5, 0.6) is 5.75 Å². The molecule has 0 bridgehead atoms. The zero-order chi connectivity index (χ0) is 15.4. The molecule has 1 aromatic heterocycles. The highest BCUT2D eigenvalue weighted by molar-refractivity contribution is 5.76. The van der Waals surface area contributed by atoms with Gasteiger partial charge in [0, 0.05) is 12.6 Å². The van der Waals surface area contributed by atoms with Crippen molar-refractivity contribution in [1.82, 2.24) is 4.98 Å².